The van der Waals surface area contributed by atoms with Crippen LogP contribution in [0.4, 0.5) is 25.1 Å². The molecule has 39 heteroatoms. The Bertz CT molecular complexity index is 6940. The number of hydrogen-bond donors (Lipinski definition) is 9. The maximum absolute atomic E-state index is 13.7. The van der Waals surface area contributed by atoms with E-state index in [0.29, 0.717) is 94.1 Å². The van der Waals surface area contributed by atoms with Crippen molar-refractivity contribution in [2.75, 3.05) is 23.7 Å². The molecule has 0 bridgehead atoms. The summed E-state index contributed by atoms with van der Waals surface area (Å²) in [7, 11) is -5.69. The molecule has 0 fully saturated rings. The Balaban J connectivity index is 0.000000158. The zero-order valence-electron chi connectivity index (χ0n) is 70.3. The molecule has 0 saturated carbocycles. The normalized spacial score (nSPS) is 13.9. The highest BCUT2D eigenvalue weighted by atomic mass is 32.2. The van der Waals surface area contributed by atoms with Gasteiger partial charge in [-0.2, -0.15) is 9.97 Å². The lowest BCUT2D eigenvalue weighted by Crippen LogP contribution is -2.30. The summed E-state index contributed by atoms with van der Waals surface area (Å²) >= 11 is 0. The van der Waals surface area contributed by atoms with E-state index < -0.39 is 97.4 Å². The maximum Gasteiger partial charge on any atom is 0.347 e. The molecule has 9 aromatic carbocycles. The van der Waals surface area contributed by atoms with Crippen LogP contribution in [0.15, 0.2) is 222 Å². The minimum absolute atomic E-state index is 0.0216. The summed E-state index contributed by atoms with van der Waals surface area (Å²) in [6.07, 6.45) is 3.47. The van der Waals surface area contributed by atoms with Crippen LogP contribution in [-0.4, -0.2) is 135 Å². The number of carboxylic acids is 1. The number of hydrogen-bond acceptors (Lipinski definition) is 24. The monoisotopic (exact) mass is 1820 g/mol. The van der Waals surface area contributed by atoms with E-state index in [1.54, 1.807) is 142 Å². The molecule has 0 unspecified atom stereocenters. The molecular formula is C92H80F3N17O17S2. The van der Waals surface area contributed by atoms with E-state index in [9.17, 15) is 78.3 Å². The van der Waals surface area contributed by atoms with Crippen molar-refractivity contribution in [2.24, 2.45) is 0 Å². The number of aryl methyl sites for hydroxylation is 6. The Kier molecular flexibility index (Phi) is 27.7. The zero-order chi connectivity index (χ0) is 93.0. The van der Waals surface area contributed by atoms with Gasteiger partial charge in [0.25, 0.3) is 55.5 Å². The van der Waals surface area contributed by atoms with E-state index in [1.807, 2.05) is 0 Å². The summed E-state index contributed by atoms with van der Waals surface area (Å²) < 4.78 is 107. The first-order chi connectivity index (χ1) is 62.8. The first-order valence-corrected chi connectivity index (χ1v) is 43.4. The lowest BCUT2D eigenvalue weighted by molar-refractivity contribution is 0.0591. The second-order valence-corrected chi connectivity index (χ2v) is 33.6. The molecule has 9 N–H and O–H groups in total. The summed E-state index contributed by atoms with van der Waals surface area (Å²) in [5.74, 6) is -7.95. The summed E-state index contributed by atoms with van der Waals surface area (Å²) in [6, 6.07) is 52.3. The number of fused-ring (bicyclic) bond motifs is 4. The topological polar surface area (TPSA) is 474 Å². The van der Waals surface area contributed by atoms with Gasteiger partial charge in [0.05, 0.1) is 58.8 Å². The number of carbonyl (C=O) groups is 9. The molecule has 4 aromatic heterocycles. The Morgan fingerprint density at radius 2 is 0.740 bits per heavy atom. The number of methoxy groups -OCH3 is 2. The fourth-order valence-corrected chi connectivity index (χ4v) is 16.5. The van der Waals surface area contributed by atoms with Crippen LogP contribution in [-0.2, 0) is 68.4 Å². The third-order valence-corrected chi connectivity index (χ3v) is 24.0. The van der Waals surface area contributed by atoms with Gasteiger partial charge in [-0.05, 0) is 222 Å². The van der Waals surface area contributed by atoms with E-state index in [2.05, 4.69) is 81.6 Å². The fourth-order valence-electron chi connectivity index (χ4n) is 14.6. The van der Waals surface area contributed by atoms with Crippen LogP contribution >= 0.6 is 0 Å². The molecule has 4 heterocycles. The lowest BCUT2D eigenvalue weighted by atomic mass is 10.0. The van der Waals surface area contributed by atoms with Crippen LogP contribution in [0.5, 0.6) is 6.01 Å². The molecule has 3 atom stereocenters. The lowest BCUT2D eigenvalue weighted by Gasteiger charge is -2.15. The number of nitrogens with zero attached hydrogens (tertiary/aromatic N) is 9. The van der Waals surface area contributed by atoms with Gasteiger partial charge in [0, 0.05) is 37.8 Å². The molecule has 3 aliphatic rings. The SMILES string of the molecule is COC(=O)c1ccc2c(c1)CC[C@@H]2NC(=O)c1cc(C(=O)NCc2ccc(F)c(C)c2)nc(NS(=O)(=O)c2ccccc2)n1.COC(=O)c1ccc2c(c1)CC[C@@H]2NC(=O)c1cc(C(=O)NCc2ccc(F)c(C)c2)nc(On2nnc3ccccc32)n1.Cc1cc(CNC(=O)c2cc(C(=O)N[C@H]3CCc4cc(C(=O)O)ccc43)nc(NS(=O)(=O)c3ccccc3)n2)ccc1F. The third-order valence-electron chi connectivity index (χ3n) is 21.3. The molecule has 0 aliphatic heterocycles. The summed E-state index contributed by atoms with van der Waals surface area (Å²) in [5, 5.41) is 34.0. The second-order valence-electron chi connectivity index (χ2n) is 30.2. The van der Waals surface area contributed by atoms with Crippen molar-refractivity contribution in [1.82, 2.24) is 77.0 Å². The quantitative estimate of drug-likeness (QED) is 0.0227. The first kappa shape index (κ1) is 91.2. The van der Waals surface area contributed by atoms with Crippen molar-refractivity contribution in [3.8, 4) is 6.01 Å². The van der Waals surface area contributed by atoms with E-state index in [1.165, 1.54) is 93.1 Å². The van der Waals surface area contributed by atoms with Gasteiger partial charge >= 0.3 is 23.9 Å². The molecule has 0 saturated heterocycles. The summed E-state index contributed by atoms with van der Waals surface area (Å²) in [6.45, 7) is 4.98. The largest absolute Gasteiger partial charge is 0.478 e. The van der Waals surface area contributed by atoms with Gasteiger partial charge in [-0.15, -0.1) is 5.10 Å². The number of amides is 6. The predicted molar refractivity (Wildman–Crippen MR) is 466 cm³/mol. The van der Waals surface area contributed by atoms with Crippen LogP contribution in [0.3, 0.4) is 0 Å². The van der Waals surface area contributed by atoms with Gasteiger partial charge in [-0.1, -0.05) is 108 Å². The summed E-state index contributed by atoms with van der Waals surface area (Å²) in [4.78, 5) is 146. The Hall–Kier alpha value is -16.1. The number of nitrogens with one attached hydrogen (secondary N) is 8. The number of sulfonamides is 2. The Morgan fingerprint density at radius 3 is 1.11 bits per heavy atom. The molecule has 0 spiro atoms. The average Bonchev–Trinajstić information content (AvgIpc) is 1.49. The molecule has 6 amide bonds. The van der Waals surface area contributed by atoms with Crippen molar-refractivity contribution >= 4 is 96.3 Å². The van der Waals surface area contributed by atoms with E-state index >= 15 is 0 Å². The van der Waals surface area contributed by atoms with Crippen LogP contribution in [0.2, 0.25) is 0 Å². The fraction of sp³-hybridized carbons (Fsp3) is 0.185. The van der Waals surface area contributed by atoms with Crippen LogP contribution in [0.1, 0.15) is 198 Å². The van der Waals surface area contributed by atoms with E-state index in [-0.39, 0.29) is 98.7 Å². The Labute approximate surface area is 745 Å². The number of ether oxygens (including phenoxy) is 2. The molecule has 3 aliphatic carbocycles. The van der Waals surface area contributed by atoms with E-state index in [0.717, 1.165) is 50.4 Å². The van der Waals surface area contributed by atoms with Crippen molar-refractivity contribution in [3.63, 3.8) is 0 Å². The van der Waals surface area contributed by atoms with Gasteiger partial charge in [0.2, 0.25) is 11.9 Å². The number of carbonyl (C=O) groups excluding carboxylic acids is 8. The number of aromatic carboxylic acids is 1. The van der Waals surface area contributed by atoms with E-state index in [4.69, 9.17) is 14.3 Å². The number of halogens is 3. The predicted octanol–water partition coefficient (Wildman–Crippen LogP) is 11.3. The third kappa shape index (κ3) is 22.1. The van der Waals surface area contributed by atoms with Crippen LogP contribution < -0.4 is 46.2 Å². The number of benzene rings is 9. The van der Waals surface area contributed by atoms with Crippen molar-refractivity contribution < 1.29 is 92.6 Å². The molecular weight excluding hydrogens is 1740 g/mol. The van der Waals surface area contributed by atoms with Gasteiger partial charge < -0.3 is 51.3 Å². The number of carboxylic acid groups (broad SMARTS) is 1. The molecule has 13 aromatic rings. The molecule has 34 nitrogen and oxygen atoms in total. The highest BCUT2D eigenvalue weighted by Gasteiger charge is 2.33. The van der Waals surface area contributed by atoms with Crippen molar-refractivity contribution in [1.29, 1.82) is 0 Å². The molecule has 668 valence electrons. The average molecular weight is 1820 g/mol. The van der Waals surface area contributed by atoms with Crippen molar-refractivity contribution in [3.05, 3.63) is 347 Å². The van der Waals surface area contributed by atoms with Crippen LogP contribution in [0.25, 0.3) is 11.0 Å². The number of rotatable bonds is 26. The van der Waals surface area contributed by atoms with Crippen LogP contribution in [0, 0.1) is 38.2 Å². The number of para-hydroxylation sites is 1. The Morgan fingerprint density at radius 1 is 0.405 bits per heavy atom. The minimum atomic E-state index is -4.16. The second kappa shape index (κ2) is 39.9. The number of esters is 2. The summed E-state index contributed by atoms with van der Waals surface area (Å²) in [5.41, 5.74) is 9.02. The smallest absolute Gasteiger partial charge is 0.347 e. The zero-order valence-corrected chi connectivity index (χ0v) is 71.9. The van der Waals surface area contributed by atoms with Crippen molar-refractivity contribution in [2.45, 2.75) is 107 Å². The molecule has 0 radical (unpaired) electrons. The number of anilines is 2. The minimum Gasteiger partial charge on any atom is -0.478 e. The standard InChI is InChI=1S/C31H26FN7O5.C31H28FN5O6S.C30H26FN5O6S/c1-17-13-18(7-11-22(17)32)16-33-28(40)25-15-26(36-31(35-25)44-39-27-6-4-3-5-24(27)37-38-39)29(41)34-23-12-9-19-14-20(30(42)43-2)8-10-21(19)23;1-18-14-19(8-12-24(18)32)17-33-28(38)26-16-27(36-31(35-26)37-44(41,42)22-6-4-3-5-7-22)29(39)34-25-13-10-20-15-21(30(40)43-2)9-11-23(20)25;1-17-13-18(7-11-23(17)31)16-32-27(37)25-15-26(35-30(34-25)36-43(41,42)21-5-3-2-4-6-21)28(38)33-24-12-9-19-14-20(29(39)40)8-10-22(19)24/h3-8,10-11,13-15,23H,9,12,16H2,1-2H3,(H,33,40)(H,34,41);3-9,11-12,14-16,25H,10,13,17H2,1-2H3,(H,33,38)(H,34,39)(H,35,36,37);2-8,10-11,13-15,24H,9,12,16H2,1H3,(H,32,37)(H,33,38)(H,39,40)(H,34,35,36)/t23-;25-;24-/m000/s1. The highest BCUT2D eigenvalue weighted by Crippen LogP contribution is 2.36. The maximum atomic E-state index is 13.7. The van der Waals surface area contributed by atoms with Gasteiger partial charge in [-0.25, -0.2) is 73.8 Å². The molecule has 16 rings (SSSR count). The first-order valence-electron chi connectivity index (χ1n) is 40.5. The van der Waals surface area contributed by atoms with Gasteiger partial charge in [0.15, 0.2) is 0 Å². The van der Waals surface area contributed by atoms with Gasteiger partial charge in [-0.3, -0.25) is 28.8 Å². The highest BCUT2D eigenvalue weighted by molar-refractivity contribution is 7.93. The van der Waals surface area contributed by atoms with Gasteiger partial charge in [0.1, 0.15) is 62.6 Å². The number of aromatic nitrogens is 9. The molecule has 131 heavy (non-hydrogen) atoms.